The van der Waals surface area contributed by atoms with Crippen LogP contribution >= 0.6 is 11.3 Å². The highest BCUT2D eigenvalue weighted by Gasteiger charge is 2.25. The van der Waals surface area contributed by atoms with E-state index >= 15 is 0 Å². The molecule has 3 heterocycles. The van der Waals surface area contributed by atoms with Crippen LogP contribution in [0.5, 0.6) is 0 Å². The predicted molar refractivity (Wildman–Crippen MR) is 65.9 cm³/mol. The van der Waals surface area contributed by atoms with Gasteiger partial charge in [0.2, 0.25) is 0 Å². The number of nitrogens with one attached hydrogen (secondary N) is 1. The first kappa shape index (κ1) is 10.9. The molecule has 3 rings (SSSR count). The zero-order valence-corrected chi connectivity index (χ0v) is 10.4. The van der Waals surface area contributed by atoms with Gasteiger partial charge in [-0.1, -0.05) is 5.16 Å². The Morgan fingerprint density at radius 1 is 1.59 bits per heavy atom. The third kappa shape index (κ3) is 2.11. The highest BCUT2D eigenvalue weighted by atomic mass is 32.1. The largest absolute Gasteiger partial charge is 0.334 e. The van der Waals surface area contributed by atoms with Crippen molar-refractivity contribution in [1.29, 1.82) is 0 Å². The van der Waals surface area contributed by atoms with Gasteiger partial charge in [0.05, 0.1) is 11.6 Å². The van der Waals surface area contributed by atoms with Gasteiger partial charge >= 0.3 is 0 Å². The molecule has 1 N–H and O–H groups in total. The lowest BCUT2D eigenvalue weighted by molar-refractivity contribution is 0.190. The summed E-state index contributed by atoms with van der Waals surface area (Å²) in [4.78, 5) is 6.72. The summed E-state index contributed by atoms with van der Waals surface area (Å²) in [5.74, 6) is 1.38. The van der Waals surface area contributed by atoms with Gasteiger partial charge in [0.25, 0.3) is 5.89 Å². The number of aromatic nitrogens is 2. The topological polar surface area (TPSA) is 54.2 Å². The number of hydrogen-bond donors (Lipinski definition) is 1. The SMILES string of the molecule is CN1CCNCC1c1noc(-c2ccsc2)n1. The molecular weight excluding hydrogens is 236 g/mol. The van der Waals surface area contributed by atoms with Crippen LogP contribution < -0.4 is 5.32 Å². The van der Waals surface area contributed by atoms with Crippen LogP contribution in [0, 0.1) is 0 Å². The maximum absolute atomic E-state index is 5.30. The van der Waals surface area contributed by atoms with Crippen LogP contribution in [0.1, 0.15) is 11.9 Å². The molecule has 2 aromatic rings. The van der Waals surface area contributed by atoms with Crippen LogP contribution in [0.25, 0.3) is 11.5 Å². The molecule has 1 fully saturated rings. The van der Waals surface area contributed by atoms with E-state index in [-0.39, 0.29) is 6.04 Å². The van der Waals surface area contributed by atoms with Crippen molar-refractivity contribution in [2.45, 2.75) is 6.04 Å². The maximum Gasteiger partial charge on any atom is 0.258 e. The third-order valence-electron chi connectivity index (χ3n) is 3.02. The van der Waals surface area contributed by atoms with Gasteiger partial charge in [-0.05, 0) is 18.5 Å². The number of hydrogen-bond acceptors (Lipinski definition) is 6. The zero-order valence-electron chi connectivity index (χ0n) is 9.59. The van der Waals surface area contributed by atoms with Crippen molar-refractivity contribution in [1.82, 2.24) is 20.4 Å². The number of piperazine rings is 1. The van der Waals surface area contributed by atoms with Gasteiger partial charge in [0, 0.05) is 25.0 Å². The molecule has 1 atom stereocenters. The molecule has 0 aromatic carbocycles. The fourth-order valence-corrected chi connectivity index (χ4v) is 2.60. The average molecular weight is 250 g/mol. The third-order valence-corrected chi connectivity index (χ3v) is 3.70. The summed E-state index contributed by atoms with van der Waals surface area (Å²) >= 11 is 1.63. The molecular formula is C11H14N4OS. The average Bonchev–Trinajstić information content (AvgIpc) is 3.00. The smallest absolute Gasteiger partial charge is 0.258 e. The summed E-state index contributed by atoms with van der Waals surface area (Å²) in [6, 6.07) is 2.20. The molecule has 1 saturated heterocycles. The molecule has 1 aliphatic heterocycles. The van der Waals surface area contributed by atoms with Gasteiger partial charge in [-0.3, -0.25) is 4.90 Å². The molecule has 5 nitrogen and oxygen atoms in total. The van der Waals surface area contributed by atoms with Crippen molar-refractivity contribution in [2.75, 3.05) is 26.7 Å². The first-order chi connectivity index (χ1) is 8.34. The standard InChI is InChI=1S/C11H14N4OS/c1-15-4-3-12-6-9(15)10-13-11(16-14-10)8-2-5-17-7-8/h2,5,7,9,12H,3-4,6H2,1H3. The second kappa shape index (κ2) is 4.56. The Kier molecular flexibility index (Phi) is 2.92. The van der Waals surface area contributed by atoms with E-state index in [9.17, 15) is 0 Å². The molecule has 17 heavy (non-hydrogen) atoms. The molecule has 0 saturated carbocycles. The van der Waals surface area contributed by atoms with Gasteiger partial charge in [-0.25, -0.2) is 0 Å². The molecule has 0 aliphatic carbocycles. The Hall–Kier alpha value is -1.24. The minimum Gasteiger partial charge on any atom is -0.334 e. The normalized spacial score (nSPS) is 21.8. The summed E-state index contributed by atoms with van der Waals surface area (Å²) in [7, 11) is 2.09. The number of thiophene rings is 1. The summed E-state index contributed by atoms with van der Waals surface area (Å²) in [6.07, 6.45) is 0. The summed E-state index contributed by atoms with van der Waals surface area (Å²) in [5.41, 5.74) is 1.00. The lowest BCUT2D eigenvalue weighted by Gasteiger charge is -2.30. The van der Waals surface area contributed by atoms with Gasteiger partial charge in [-0.2, -0.15) is 16.3 Å². The van der Waals surface area contributed by atoms with Gasteiger partial charge in [-0.15, -0.1) is 0 Å². The van der Waals surface area contributed by atoms with E-state index in [0.717, 1.165) is 31.0 Å². The van der Waals surface area contributed by atoms with Crippen LogP contribution in [0.4, 0.5) is 0 Å². The van der Waals surface area contributed by atoms with E-state index in [0.29, 0.717) is 5.89 Å². The van der Waals surface area contributed by atoms with E-state index in [1.807, 2.05) is 16.8 Å². The van der Waals surface area contributed by atoms with Gasteiger partial charge in [0.15, 0.2) is 5.82 Å². The molecule has 2 aromatic heterocycles. The molecule has 90 valence electrons. The molecule has 0 spiro atoms. The number of likely N-dealkylation sites (N-methyl/N-ethyl adjacent to an activating group) is 1. The minimum absolute atomic E-state index is 0.208. The summed E-state index contributed by atoms with van der Waals surface area (Å²) in [5, 5.41) is 11.5. The highest BCUT2D eigenvalue weighted by molar-refractivity contribution is 7.08. The summed E-state index contributed by atoms with van der Waals surface area (Å²) < 4.78 is 5.30. The van der Waals surface area contributed by atoms with Crippen molar-refractivity contribution < 1.29 is 4.52 Å². The molecule has 0 amide bonds. The van der Waals surface area contributed by atoms with Crippen molar-refractivity contribution in [3.05, 3.63) is 22.7 Å². The second-order valence-corrected chi connectivity index (χ2v) is 4.95. The fourth-order valence-electron chi connectivity index (χ4n) is 1.97. The van der Waals surface area contributed by atoms with Crippen molar-refractivity contribution in [3.8, 4) is 11.5 Å². The van der Waals surface area contributed by atoms with E-state index in [4.69, 9.17) is 4.52 Å². The van der Waals surface area contributed by atoms with E-state index < -0.39 is 0 Å². The van der Waals surface area contributed by atoms with Crippen LogP contribution in [0.15, 0.2) is 21.3 Å². The predicted octanol–water partition coefficient (Wildman–Crippen LogP) is 1.37. The lowest BCUT2D eigenvalue weighted by atomic mass is 10.2. The zero-order chi connectivity index (χ0) is 11.7. The van der Waals surface area contributed by atoms with E-state index in [1.165, 1.54) is 0 Å². The molecule has 6 heteroatoms. The second-order valence-electron chi connectivity index (χ2n) is 4.17. The van der Waals surface area contributed by atoms with E-state index in [2.05, 4.69) is 27.4 Å². The van der Waals surface area contributed by atoms with Crippen LogP contribution in [-0.2, 0) is 0 Å². The highest BCUT2D eigenvalue weighted by Crippen LogP contribution is 2.23. The lowest BCUT2D eigenvalue weighted by Crippen LogP contribution is -2.44. The van der Waals surface area contributed by atoms with Gasteiger partial charge in [0.1, 0.15) is 0 Å². The Morgan fingerprint density at radius 3 is 3.29 bits per heavy atom. The first-order valence-corrected chi connectivity index (χ1v) is 6.56. The van der Waals surface area contributed by atoms with Crippen LogP contribution in [0.3, 0.4) is 0 Å². The van der Waals surface area contributed by atoms with Crippen molar-refractivity contribution in [2.24, 2.45) is 0 Å². The first-order valence-electron chi connectivity index (χ1n) is 5.62. The monoisotopic (exact) mass is 250 g/mol. The Morgan fingerprint density at radius 2 is 2.53 bits per heavy atom. The minimum atomic E-state index is 0.208. The van der Waals surface area contributed by atoms with Crippen LogP contribution in [0.2, 0.25) is 0 Å². The molecule has 0 bridgehead atoms. The Labute approximate surface area is 103 Å². The molecule has 1 unspecified atom stereocenters. The molecule has 1 aliphatic rings. The van der Waals surface area contributed by atoms with Crippen molar-refractivity contribution in [3.63, 3.8) is 0 Å². The van der Waals surface area contributed by atoms with Crippen molar-refractivity contribution >= 4 is 11.3 Å². The quantitative estimate of drug-likeness (QED) is 0.872. The number of nitrogens with zero attached hydrogens (tertiary/aromatic N) is 3. The molecule has 0 radical (unpaired) electrons. The van der Waals surface area contributed by atoms with E-state index in [1.54, 1.807) is 11.3 Å². The summed E-state index contributed by atoms with van der Waals surface area (Å²) in [6.45, 7) is 2.90. The number of rotatable bonds is 2. The maximum atomic E-state index is 5.30. The Bertz CT molecular complexity index is 481. The van der Waals surface area contributed by atoms with Crippen LogP contribution in [-0.4, -0.2) is 41.7 Å². The van der Waals surface area contributed by atoms with Gasteiger partial charge < -0.3 is 9.84 Å². The fraction of sp³-hybridized carbons (Fsp3) is 0.455. The Balaban J connectivity index is 1.84.